The molecule has 1 aromatic carbocycles. The molecule has 0 bridgehead atoms. The van der Waals surface area contributed by atoms with Gasteiger partial charge in [0.1, 0.15) is 5.82 Å². The minimum absolute atomic E-state index is 0.308. The summed E-state index contributed by atoms with van der Waals surface area (Å²) in [5.74, 6) is -0.249. The number of hydrogen-bond donors (Lipinski definition) is 2. The number of rotatable bonds is 3. The summed E-state index contributed by atoms with van der Waals surface area (Å²) in [6.07, 6.45) is 3.50. The molecule has 2 aromatic rings. The Kier molecular flexibility index (Phi) is 2.63. The Balaban J connectivity index is 2.07. The summed E-state index contributed by atoms with van der Waals surface area (Å²) in [5, 5.41) is 13.2. The van der Waals surface area contributed by atoms with Gasteiger partial charge in [-0.05, 0) is 31.4 Å². The average Bonchev–Trinajstić information content (AvgIpc) is 2.32. The van der Waals surface area contributed by atoms with E-state index < -0.39 is 5.97 Å². The Morgan fingerprint density at radius 2 is 2.11 bits per heavy atom. The van der Waals surface area contributed by atoms with Gasteiger partial charge in [0.2, 0.25) is 0 Å². The molecule has 1 aliphatic rings. The van der Waals surface area contributed by atoms with E-state index in [2.05, 4.69) is 10.3 Å². The summed E-state index contributed by atoms with van der Waals surface area (Å²) in [6, 6.07) is 9.40. The highest BCUT2D eigenvalue weighted by Gasteiger charge is 2.19. The topological polar surface area (TPSA) is 62.2 Å². The van der Waals surface area contributed by atoms with Gasteiger partial charge in [-0.25, -0.2) is 9.78 Å². The number of nitrogens with zero attached hydrogens (tertiary/aromatic N) is 1. The number of nitrogens with one attached hydrogen (secondary N) is 1. The largest absolute Gasteiger partial charge is 0.478 e. The summed E-state index contributed by atoms with van der Waals surface area (Å²) >= 11 is 0. The fraction of sp³-hybridized carbons (Fsp3) is 0.286. The summed E-state index contributed by atoms with van der Waals surface area (Å²) in [6.45, 7) is 0. The van der Waals surface area contributed by atoms with Crippen molar-refractivity contribution in [1.29, 1.82) is 0 Å². The predicted molar refractivity (Wildman–Crippen MR) is 70.0 cm³/mol. The van der Waals surface area contributed by atoms with E-state index in [1.165, 1.54) is 6.42 Å². The third-order valence-electron chi connectivity index (χ3n) is 3.40. The molecular weight excluding hydrogens is 228 g/mol. The number of carbonyl (C=O) groups is 1. The van der Waals surface area contributed by atoms with Gasteiger partial charge in [-0.1, -0.05) is 18.2 Å². The second-order valence-corrected chi connectivity index (χ2v) is 4.65. The van der Waals surface area contributed by atoms with Crippen molar-refractivity contribution in [2.24, 2.45) is 0 Å². The lowest BCUT2D eigenvalue weighted by atomic mass is 9.93. The molecule has 1 aromatic heterocycles. The quantitative estimate of drug-likeness (QED) is 0.868. The average molecular weight is 242 g/mol. The van der Waals surface area contributed by atoms with E-state index in [0.29, 0.717) is 22.8 Å². The smallest absolute Gasteiger partial charge is 0.336 e. The van der Waals surface area contributed by atoms with Crippen LogP contribution in [-0.2, 0) is 0 Å². The van der Waals surface area contributed by atoms with Gasteiger partial charge in [-0.15, -0.1) is 0 Å². The number of pyridine rings is 1. The van der Waals surface area contributed by atoms with E-state index in [0.717, 1.165) is 18.4 Å². The zero-order valence-corrected chi connectivity index (χ0v) is 9.89. The van der Waals surface area contributed by atoms with Gasteiger partial charge >= 0.3 is 5.97 Å². The molecule has 0 amide bonds. The Hall–Kier alpha value is -2.10. The maximum Gasteiger partial charge on any atom is 0.336 e. The fourth-order valence-corrected chi connectivity index (χ4v) is 2.19. The van der Waals surface area contributed by atoms with Crippen molar-refractivity contribution in [3.8, 4) is 0 Å². The Bertz CT molecular complexity index is 606. The van der Waals surface area contributed by atoms with Gasteiger partial charge in [-0.3, -0.25) is 0 Å². The molecule has 92 valence electrons. The van der Waals surface area contributed by atoms with E-state index in [1.54, 1.807) is 12.1 Å². The summed E-state index contributed by atoms with van der Waals surface area (Å²) in [7, 11) is 0. The highest BCUT2D eigenvalue weighted by Crippen LogP contribution is 2.25. The first kappa shape index (κ1) is 11.0. The van der Waals surface area contributed by atoms with E-state index in [4.69, 9.17) is 0 Å². The molecule has 0 radical (unpaired) electrons. The van der Waals surface area contributed by atoms with Gasteiger partial charge in [0.05, 0.1) is 11.1 Å². The van der Waals surface area contributed by atoms with Crippen molar-refractivity contribution < 1.29 is 9.90 Å². The van der Waals surface area contributed by atoms with Crippen molar-refractivity contribution in [3.05, 3.63) is 35.9 Å². The molecular formula is C14H14N2O2. The molecule has 2 N–H and O–H groups in total. The predicted octanol–water partition coefficient (Wildman–Crippen LogP) is 2.90. The van der Waals surface area contributed by atoms with Crippen LogP contribution in [-0.4, -0.2) is 22.1 Å². The summed E-state index contributed by atoms with van der Waals surface area (Å²) < 4.78 is 0. The SMILES string of the molecule is O=C(O)c1cc(NC2CCC2)nc2ccccc12. The Morgan fingerprint density at radius 1 is 1.33 bits per heavy atom. The second kappa shape index (κ2) is 4.29. The van der Waals surface area contributed by atoms with Crippen LogP contribution in [0.4, 0.5) is 5.82 Å². The second-order valence-electron chi connectivity index (χ2n) is 4.65. The van der Waals surface area contributed by atoms with Gasteiger partial charge < -0.3 is 10.4 Å². The lowest BCUT2D eigenvalue weighted by molar-refractivity contribution is 0.0699. The standard InChI is InChI=1S/C14H14N2O2/c17-14(18)11-8-13(15-9-4-3-5-9)16-12-7-2-1-6-10(11)12/h1-2,6-9H,3-5H2,(H,15,16)(H,17,18). The highest BCUT2D eigenvalue weighted by molar-refractivity contribution is 6.03. The van der Waals surface area contributed by atoms with Crippen LogP contribution in [0, 0.1) is 0 Å². The lowest BCUT2D eigenvalue weighted by Gasteiger charge is -2.27. The zero-order chi connectivity index (χ0) is 12.5. The minimum Gasteiger partial charge on any atom is -0.478 e. The lowest BCUT2D eigenvalue weighted by Crippen LogP contribution is -2.27. The monoisotopic (exact) mass is 242 g/mol. The van der Waals surface area contributed by atoms with E-state index in [-0.39, 0.29) is 0 Å². The van der Waals surface area contributed by atoms with E-state index >= 15 is 0 Å². The molecule has 3 rings (SSSR count). The summed E-state index contributed by atoms with van der Waals surface area (Å²) in [5.41, 5.74) is 1.03. The van der Waals surface area contributed by atoms with Gasteiger partial charge in [0.15, 0.2) is 0 Å². The van der Waals surface area contributed by atoms with Crippen molar-refractivity contribution >= 4 is 22.7 Å². The molecule has 1 heterocycles. The van der Waals surface area contributed by atoms with Crippen molar-refractivity contribution in [2.45, 2.75) is 25.3 Å². The molecule has 1 aliphatic carbocycles. The van der Waals surface area contributed by atoms with Crippen molar-refractivity contribution in [2.75, 3.05) is 5.32 Å². The van der Waals surface area contributed by atoms with Crippen LogP contribution in [0.5, 0.6) is 0 Å². The number of aromatic carboxylic acids is 1. The number of para-hydroxylation sites is 1. The third kappa shape index (κ3) is 1.90. The van der Waals surface area contributed by atoms with Crippen LogP contribution in [0.15, 0.2) is 30.3 Å². The molecule has 1 saturated carbocycles. The van der Waals surface area contributed by atoms with Crippen LogP contribution >= 0.6 is 0 Å². The molecule has 4 nitrogen and oxygen atoms in total. The van der Waals surface area contributed by atoms with E-state index in [1.807, 2.05) is 18.2 Å². The van der Waals surface area contributed by atoms with Crippen LogP contribution in [0.2, 0.25) is 0 Å². The zero-order valence-electron chi connectivity index (χ0n) is 9.89. The maximum atomic E-state index is 11.3. The van der Waals surface area contributed by atoms with Gasteiger partial charge in [0.25, 0.3) is 0 Å². The number of carboxylic acid groups (broad SMARTS) is 1. The van der Waals surface area contributed by atoms with E-state index in [9.17, 15) is 9.90 Å². The molecule has 4 heteroatoms. The van der Waals surface area contributed by atoms with Gasteiger partial charge in [-0.2, -0.15) is 0 Å². The van der Waals surface area contributed by atoms with Crippen molar-refractivity contribution in [3.63, 3.8) is 0 Å². The maximum absolute atomic E-state index is 11.3. The fourth-order valence-electron chi connectivity index (χ4n) is 2.19. The van der Waals surface area contributed by atoms with Crippen LogP contribution in [0.25, 0.3) is 10.9 Å². The summed E-state index contributed by atoms with van der Waals surface area (Å²) in [4.78, 5) is 15.7. The van der Waals surface area contributed by atoms with Crippen LogP contribution in [0.3, 0.4) is 0 Å². The molecule has 1 fully saturated rings. The first-order valence-electron chi connectivity index (χ1n) is 6.13. The van der Waals surface area contributed by atoms with Crippen LogP contribution in [0.1, 0.15) is 29.6 Å². The molecule has 0 aliphatic heterocycles. The number of fused-ring (bicyclic) bond motifs is 1. The number of hydrogen-bond acceptors (Lipinski definition) is 3. The first-order chi connectivity index (χ1) is 8.74. The normalized spacial score (nSPS) is 15.3. The van der Waals surface area contributed by atoms with Crippen LogP contribution < -0.4 is 5.32 Å². The number of benzene rings is 1. The Morgan fingerprint density at radius 3 is 2.78 bits per heavy atom. The number of anilines is 1. The molecule has 0 atom stereocenters. The Labute approximate surface area is 105 Å². The van der Waals surface area contributed by atoms with Gasteiger partial charge in [0, 0.05) is 11.4 Å². The number of aromatic nitrogens is 1. The molecule has 0 spiro atoms. The minimum atomic E-state index is -0.912. The first-order valence-corrected chi connectivity index (χ1v) is 6.13. The highest BCUT2D eigenvalue weighted by atomic mass is 16.4. The molecule has 18 heavy (non-hydrogen) atoms. The molecule has 0 unspecified atom stereocenters. The molecule has 0 saturated heterocycles. The van der Waals surface area contributed by atoms with Crippen molar-refractivity contribution in [1.82, 2.24) is 4.98 Å². The third-order valence-corrected chi connectivity index (χ3v) is 3.40. The number of carboxylic acids is 1.